The highest BCUT2D eigenvalue weighted by Gasteiger charge is 2.26. The van der Waals surface area contributed by atoms with Crippen molar-refractivity contribution in [2.24, 2.45) is 0 Å². The fourth-order valence-electron chi connectivity index (χ4n) is 9.51. The highest BCUT2D eigenvalue weighted by Crippen LogP contribution is 2.51. The molecule has 0 aliphatic rings. The Balaban J connectivity index is 1.15. The van der Waals surface area contributed by atoms with Crippen molar-refractivity contribution in [1.29, 1.82) is 0 Å². The molecule has 10 nitrogen and oxygen atoms in total. The number of benzene rings is 9. The fraction of sp³-hybridized carbons (Fsp3) is 0.107. The minimum atomic E-state index is 0.516. The lowest BCUT2D eigenvalue weighted by Gasteiger charge is -2.28. The third-order valence-electron chi connectivity index (χ3n) is 12.4. The summed E-state index contributed by atoms with van der Waals surface area (Å²) < 4.78 is 48.5. The maximum absolute atomic E-state index is 6.88. The molecule has 2 aromatic heterocycles. The molecule has 0 saturated carbocycles. The molecule has 11 rings (SSSR count). The highest BCUT2D eigenvalue weighted by molar-refractivity contribution is 6.28. The SMILES string of the molecule is COc1cc(N(c2ccccc2)c2cc3oc4cc5oc6cc(N(c7ccccc7)c7cc(OC)c(OC)c(OC)c7)c7ccccc7c6c5cc4c3c3ccccc23)cc(OC)c1OC. The molecular formula is C56H44N2O8. The smallest absolute Gasteiger partial charge is 0.203 e. The predicted molar refractivity (Wildman–Crippen MR) is 265 cm³/mol. The number of methoxy groups -OCH3 is 6. The van der Waals surface area contributed by atoms with Crippen molar-refractivity contribution in [1.82, 2.24) is 0 Å². The second-order valence-electron chi connectivity index (χ2n) is 15.8. The van der Waals surface area contributed by atoms with Crippen LogP contribution in [0, 0.1) is 0 Å². The number of hydrogen-bond acceptors (Lipinski definition) is 10. The van der Waals surface area contributed by atoms with Crippen molar-refractivity contribution < 1.29 is 37.3 Å². The standard InChI is InChI=1S/C56H44N2O8/c1-59-49-25-35(26-50(60-2)55(49)63-5)57(33-17-9-7-10-18-33)43-30-47-53(39-23-15-13-21-37(39)43)41-29-42-46(32-45(41)65-47)66-48-31-44(38-22-14-16-24-40(38)54(42)48)58(34-19-11-8-12-20-34)36-27-51(61-3)56(64-6)52(28-36)62-4/h7-32H,1-6H3. The average Bonchev–Trinajstić information content (AvgIpc) is 3.92. The first-order valence-electron chi connectivity index (χ1n) is 21.4. The summed E-state index contributed by atoms with van der Waals surface area (Å²) in [5, 5.41) is 8.14. The molecular weight excluding hydrogens is 829 g/mol. The zero-order valence-electron chi connectivity index (χ0n) is 37.2. The lowest BCUT2D eigenvalue weighted by atomic mass is 9.98. The van der Waals surface area contributed by atoms with E-state index >= 15 is 0 Å². The van der Waals surface area contributed by atoms with Crippen LogP contribution in [0.4, 0.5) is 34.1 Å². The van der Waals surface area contributed by atoms with E-state index in [1.54, 1.807) is 42.7 Å². The van der Waals surface area contributed by atoms with Crippen LogP contribution < -0.4 is 38.2 Å². The van der Waals surface area contributed by atoms with E-state index in [4.69, 9.17) is 37.3 Å². The number of rotatable bonds is 12. The normalized spacial score (nSPS) is 11.5. The Morgan fingerprint density at radius 3 is 1.00 bits per heavy atom. The van der Waals surface area contributed by atoms with Crippen molar-refractivity contribution in [3.63, 3.8) is 0 Å². The van der Waals surface area contributed by atoms with Crippen molar-refractivity contribution in [3.05, 3.63) is 158 Å². The summed E-state index contributed by atoms with van der Waals surface area (Å²) in [6, 6.07) is 53.7. The monoisotopic (exact) mass is 872 g/mol. The van der Waals surface area contributed by atoms with Gasteiger partial charge in [0.25, 0.3) is 0 Å². The largest absolute Gasteiger partial charge is 0.493 e. The van der Waals surface area contributed by atoms with E-state index < -0.39 is 0 Å². The van der Waals surface area contributed by atoms with Crippen LogP contribution in [0.15, 0.2) is 167 Å². The number of fused-ring (bicyclic) bond motifs is 10. The Morgan fingerprint density at radius 2 is 0.652 bits per heavy atom. The third kappa shape index (κ3) is 6.32. The van der Waals surface area contributed by atoms with Gasteiger partial charge in [-0.05, 0) is 41.1 Å². The summed E-state index contributed by atoms with van der Waals surface area (Å²) >= 11 is 0. The molecule has 0 radical (unpaired) electrons. The quantitative estimate of drug-likeness (QED) is 0.118. The molecule has 0 spiro atoms. The minimum Gasteiger partial charge on any atom is -0.493 e. The maximum Gasteiger partial charge on any atom is 0.203 e. The van der Waals surface area contributed by atoms with Gasteiger partial charge in [-0.15, -0.1) is 0 Å². The van der Waals surface area contributed by atoms with Crippen molar-refractivity contribution in [3.8, 4) is 34.5 Å². The first-order chi connectivity index (χ1) is 32.5. The molecule has 0 bridgehead atoms. The summed E-state index contributed by atoms with van der Waals surface area (Å²) in [5.41, 5.74) is 8.26. The van der Waals surface area contributed by atoms with Crippen LogP contribution in [0.25, 0.3) is 65.4 Å². The summed E-state index contributed by atoms with van der Waals surface area (Å²) in [7, 11) is 9.72. The molecule has 66 heavy (non-hydrogen) atoms. The third-order valence-corrected chi connectivity index (χ3v) is 12.4. The lowest BCUT2D eigenvalue weighted by Crippen LogP contribution is -2.11. The van der Waals surface area contributed by atoms with Crippen molar-refractivity contribution >= 4 is 99.5 Å². The molecule has 0 aliphatic heterocycles. The van der Waals surface area contributed by atoms with E-state index in [0.717, 1.165) is 88.4 Å². The van der Waals surface area contributed by atoms with Gasteiger partial charge in [0.2, 0.25) is 11.5 Å². The molecule has 11 aromatic rings. The molecule has 0 fully saturated rings. The van der Waals surface area contributed by atoms with E-state index in [0.29, 0.717) is 45.7 Å². The highest BCUT2D eigenvalue weighted by atomic mass is 16.5. The molecule has 0 amide bonds. The molecule has 9 aromatic carbocycles. The lowest BCUT2D eigenvalue weighted by molar-refractivity contribution is 0.324. The first-order valence-corrected chi connectivity index (χ1v) is 21.4. The summed E-state index contributed by atoms with van der Waals surface area (Å²) in [5.74, 6) is 3.22. The summed E-state index contributed by atoms with van der Waals surface area (Å²) in [6.07, 6.45) is 0. The van der Waals surface area contributed by atoms with Gasteiger partial charge in [-0.25, -0.2) is 0 Å². The molecule has 10 heteroatoms. The summed E-state index contributed by atoms with van der Waals surface area (Å²) in [4.78, 5) is 4.39. The number of anilines is 6. The van der Waals surface area contributed by atoms with Crippen LogP contribution in [0.5, 0.6) is 34.5 Å². The van der Waals surface area contributed by atoms with Gasteiger partial charge in [-0.2, -0.15) is 0 Å². The molecule has 0 unspecified atom stereocenters. The van der Waals surface area contributed by atoms with Gasteiger partial charge in [0.15, 0.2) is 23.0 Å². The van der Waals surface area contributed by atoms with Crippen molar-refractivity contribution in [2.75, 3.05) is 52.5 Å². The van der Waals surface area contributed by atoms with Gasteiger partial charge < -0.3 is 47.1 Å². The fourth-order valence-corrected chi connectivity index (χ4v) is 9.51. The second-order valence-corrected chi connectivity index (χ2v) is 15.8. The van der Waals surface area contributed by atoms with Crippen LogP contribution >= 0.6 is 0 Å². The van der Waals surface area contributed by atoms with E-state index in [9.17, 15) is 0 Å². The number of hydrogen-bond donors (Lipinski definition) is 0. The van der Waals surface area contributed by atoms with Gasteiger partial charge in [-0.3, -0.25) is 0 Å². The molecule has 0 N–H and O–H groups in total. The zero-order chi connectivity index (χ0) is 45.1. The van der Waals surface area contributed by atoms with E-state index in [2.05, 4.69) is 101 Å². The van der Waals surface area contributed by atoms with Crippen LogP contribution in [0.3, 0.4) is 0 Å². The van der Waals surface area contributed by atoms with Gasteiger partial charge >= 0.3 is 0 Å². The van der Waals surface area contributed by atoms with E-state index in [1.165, 1.54) is 0 Å². The molecule has 326 valence electrons. The molecule has 2 heterocycles. The van der Waals surface area contributed by atoms with E-state index in [-0.39, 0.29) is 0 Å². The Hall–Kier alpha value is -8.50. The van der Waals surface area contributed by atoms with Crippen molar-refractivity contribution in [2.45, 2.75) is 0 Å². The van der Waals surface area contributed by atoms with Gasteiger partial charge in [-0.1, -0.05) is 84.9 Å². The van der Waals surface area contributed by atoms with Gasteiger partial charge in [0.1, 0.15) is 22.3 Å². The second kappa shape index (κ2) is 16.2. The van der Waals surface area contributed by atoms with Crippen LogP contribution in [-0.4, -0.2) is 42.7 Å². The first kappa shape index (κ1) is 40.3. The molecule has 0 aliphatic carbocycles. The Labute approximate surface area is 380 Å². The predicted octanol–water partition coefficient (Wildman–Crippen LogP) is 14.8. The van der Waals surface area contributed by atoms with Crippen LogP contribution in [-0.2, 0) is 0 Å². The van der Waals surface area contributed by atoms with Crippen LogP contribution in [0.2, 0.25) is 0 Å². The number of para-hydroxylation sites is 2. The zero-order valence-corrected chi connectivity index (χ0v) is 37.2. The Kier molecular flexibility index (Phi) is 9.92. The summed E-state index contributed by atoms with van der Waals surface area (Å²) in [6.45, 7) is 0. The Bertz CT molecular complexity index is 3350. The van der Waals surface area contributed by atoms with Gasteiger partial charge in [0.05, 0.1) is 65.4 Å². The number of furan rings is 2. The molecule has 0 atom stereocenters. The topological polar surface area (TPSA) is 88.1 Å². The Morgan fingerprint density at radius 1 is 0.303 bits per heavy atom. The number of nitrogens with zero attached hydrogens (tertiary/aromatic N) is 2. The number of ether oxygens (including phenoxy) is 6. The van der Waals surface area contributed by atoms with Crippen LogP contribution in [0.1, 0.15) is 0 Å². The average molecular weight is 873 g/mol. The minimum absolute atomic E-state index is 0.516. The van der Waals surface area contributed by atoms with Gasteiger partial charge in [0, 0.05) is 86.2 Å². The van der Waals surface area contributed by atoms with E-state index in [1.807, 2.05) is 66.7 Å². The molecule has 0 saturated heterocycles. The maximum atomic E-state index is 6.88.